The fourth-order valence-corrected chi connectivity index (χ4v) is 2.79. The molecule has 0 bridgehead atoms. The van der Waals surface area contributed by atoms with Crippen LogP contribution in [0.1, 0.15) is 12.8 Å². The fraction of sp³-hybridized carbons (Fsp3) is 0.538. The summed E-state index contributed by atoms with van der Waals surface area (Å²) in [5, 5.41) is 5.02. The molecule has 1 aliphatic heterocycles. The molecular formula is C13H17Cl3N2. The van der Waals surface area contributed by atoms with Crippen LogP contribution in [0.15, 0.2) is 12.1 Å². The summed E-state index contributed by atoms with van der Waals surface area (Å²) in [6.07, 6.45) is 2.45. The van der Waals surface area contributed by atoms with Gasteiger partial charge in [-0.3, -0.25) is 0 Å². The molecular weight excluding hydrogens is 291 g/mol. The van der Waals surface area contributed by atoms with Gasteiger partial charge in [0.2, 0.25) is 0 Å². The smallest absolute Gasteiger partial charge is 0.0653 e. The Kier molecular flexibility index (Phi) is 5.02. The predicted octanol–water partition coefficient (Wildman–Crippen LogP) is 4.40. The Morgan fingerprint density at radius 1 is 1.11 bits per heavy atom. The molecule has 0 aromatic heterocycles. The monoisotopic (exact) mass is 306 g/mol. The van der Waals surface area contributed by atoms with Crippen molar-refractivity contribution in [1.82, 2.24) is 4.90 Å². The molecule has 1 aromatic rings. The van der Waals surface area contributed by atoms with Crippen molar-refractivity contribution < 1.29 is 0 Å². The van der Waals surface area contributed by atoms with Crippen molar-refractivity contribution in [2.75, 3.05) is 32.0 Å². The lowest BCUT2D eigenvalue weighted by Crippen LogP contribution is -2.32. The minimum absolute atomic E-state index is 0.492. The van der Waals surface area contributed by atoms with Crippen LogP contribution in [-0.2, 0) is 0 Å². The van der Waals surface area contributed by atoms with Crippen molar-refractivity contribution in [3.8, 4) is 0 Å². The Labute approximate surface area is 123 Å². The van der Waals surface area contributed by atoms with E-state index in [0.717, 1.165) is 12.2 Å². The summed E-state index contributed by atoms with van der Waals surface area (Å²) in [4.78, 5) is 2.36. The highest BCUT2D eigenvalue weighted by molar-refractivity contribution is 6.44. The molecule has 0 atom stereocenters. The van der Waals surface area contributed by atoms with Gasteiger partial charge in [0.05, 0.1) is 20.8 Å². The van der Waals surface area contributed by atoms with E-state index in [9.17, 15) is 0 Å². The molecule has 18 heavy (non-hydrogen) atoms. The first-order chi connectivity index (χ1) is 8.56. The van der Waals surface area contributed by atoms with E-state index in [-0.39, 0.29) is 0 Å². The fourth-order valence-electron chi connectivity index (χ4n) is 2.18. The minimum Gasteiger partial charge on any atom is -0.384 e. The maximum Gasteiger partial charge on any atom is 0.0653 e. The molecule has 0 unspecified atom stereocenters. The van der Waals surface area contributed by atoms with Gasteiger partial charge in [-0.15, -0.1) is 0 Å². The van der Waals surface area contributed by atoms with E-state index in [1.54, 1.807) is 12.1 Å². The summed E-state index contributed by atoms with van der Waals surface area (Å²) < 4.78 is 0. The van der Waals surface area contributed by atoms with Crippen molar-refractivity contribution in [3.63, 3.8) is 0 Å². The molecule has 0 spiro atoms. The molecule has 5 heteroatoms. The maximum absolute atomic E-state index is 6.13. The van der Waals surface area contributed by atoms with Gasteiger partial charge in [-0.25, -0.2) is 0 Å². The zero-order chi connectivity index (χ0) is 13.1. The van der Waals surface area contributed by atoms with E-state index < -0.39 is 0 Å². The summed E-state index contributed by atoms with van der Waals surface area (Å²) in [5.41, 5.74) is 0.866. The van der Waals surface area contributed by atoms with Gasteiger partial charge in [-0.1, -0.05) is 34.8 Å². The van der Waals surface area contributed by atoms with Gasteiger partial charge in [0.1, 0.15) is 0 Å². The molecule has 2 rings (SSSR count). The lowest BCUT2D eigenvalue weighted by molar-refractivity contribution is 0.226. The first-order valence-electron chi connectivity index (χ1n) is 6.13. The third-order valence-electron chi connectivity index (χ3n) is 3.43. The number of hydrogen-bond donors (Lipinski definition) is 1. The van der Waals surface area contributed by atoms with Crippen molar-refractivity contribution in [2.45, 2.75) is 12.8 Å². The van der Waals surface area contributed by atoms with Crippen LogP contribution in [0.2, 0.25) is 15.1 Å². The van der Waals surface area contributed by atoms with Gasteiger partial charge in [0.15, 0.2) is 0 Å². The van der Waals surface area contributed by atoms with Gasteiger partial charge in [0.25, 0.3) is 0 Å². The van der Waals surface area contributed by atoms with Crippen LogP contribution in [0, 0.1) is 5.92 Å². The van der Waals surface area contributed by atoms with Crippen LogP contribution in [0.4, 0.5) is 5.69 Å². The summed E-state index contributed by atoms with van der Waals surface area (Å²) in [5.74, 6) is 0.701. The molecule has 0 aliphatic carbocycles. The normalized spacial score (nSPS) is 18.0. The van der Waals surface area contributed by atoms with Gasteiger partial charge < -0.3 is 10.2 Å². The number of rotatable bonds is 3. The van der Waals surface area contributed by atoms with Crippen molar-refractivity contribution in [1.29, 1.82) is 0 Å². The summed E-state index contributed by atoms with van der Waals surface area (Å²) >= 11 is 18.0. The Bertz CT molecular complexity index is 415. The lowest BCUT2D eigenvalue weighted by Gasteiger charge is -2.29. The molecule has 1 heterocycles. The number of likely N-dealkylation sites (tertiary alicyclic amines) is 1. The highest BCUT2D eigenvalue weighted by atomic mass is 35.5. The first-order valence-corrected chi connectivity index (χ1v) is 7.26. The van der Waals surface area contributed by atoms with Crippen LogP contribution < -0.4 is 5.32 Å². The largest absolute Gasteiger partial charge is 0.384 e. The molecule has 1 N–H and O–H groups in total. The standard InChI is InChI=1S/C13H17Cl3N2/c1-18-4-2-9(3-5-18)8-17-13-7-11(15)10(14)6-12(13)16/h6-7,9,17H,2-5,8H2,1H3. The topological polar surface area (TPSA) is 15.3 Å². The average Bonchev–Trinajstić information content (AvgIpc) is 2.34. The van der Waals surface area contributed by atoms with Crippen LogP contribution >= 0.6 is 34.8 Å². The van der Waals surface area contributed by atoms with Crippen molar-refractivity contribution >= 4 is 40.5 Å². The maximum atomic E-state index is 6.13. The van der Waals surface area contributed by atoms with E-state index in [1.165, 1.54) is 25.9 Å². The van der Waals surface area contributed by atoms with Crippen molar-refractivity contribution in [3.05, 3.63) is 27.2 Å². The third kappa shape index (κ3) is 3.67. The number of nitrogens with zero attached hydrogens (tertiary/aromatic N) is 1. The molecule has 0 amide bonds. The highest BCUT2D eigenvalue weighted by Crippen LogP contribution is 2.32. The Morgan fingerprint density at radius 2 is 1.72 bits per heavy atom. The van der Waals surface area contributed by atoms with E-state index in [0.29, 0.717) is 21.0 Å². The number of benzene rings is 1. The summed E-state index contributed by atoms with van der Waals surface area (Å²) in [6.45, 7) is 3.27. The minimum atomic E-state index is 0.492. The second-order valence-corrected chi connectivity index (χ2v) is 6.10. The lowest BCUT2D eigenvalue weighted by atomic mass is 9.97. The zero-order valence-corrected chi connectivity index (χ0v) is 12.6. The van der Waals surface area contributed by atoms with Crippen LogP contribution in [0.25, 0.3) is 0 Å². The molecule has 1 aliphatic rings. The van der Waals surface area contributed by atoms with Crippen LogP contribution in [-0.4, -0.2) is 31.6 Å². The third-order valence-corrected chi connectivity index (χ3v) is 4.46. The van der Waals surface area contributed by atoms with Gasteiger partial charge >= 0.3 is 0 Å². The van der Waals surface area contributed by atoms with E-state index >= 15 is 0 Å². The molecule has 0 saturated carbocycles. The molecule has 100 valence electrons. The van der Waals surface area contributed by atoms with Gasteiger partial charge in [0, 0.05) is 6.54 Å². The number of halogens is 3. The second-order valence-electron chi connectivity index (χ2n) is 4.87. The summed E-state index contributed by atoms with van der Waals surface area (Å²) in [6, 6.07) is 3.48. The summed E-state index contributed by atoms with van der Waals surface area (Å²) in [7, 11) is 2.17. The Morgan fingerprint density at radius 3 is 2.39 bits per heavy atom. The number of anilines is 1. The molecule has 1 aromatic carbocycles. The second kappa shape index (κ2) is 6.33. The number of piperidine rings is 1. The zero-order valence-electron chi connectivity index (χ0n) is 10.3. The molecule has 2 nitrogen and oxygen atoms in total. The van der Waals surface area contributed by atoms with Gasteiger partial charge in [-0.2, -0.15) is 0 Å². The van der Waals surface area contributed by atoms with E-state index in [2.05, 4.69) is 17.3 Å². The Balaban J connectivity index is 1.92. The van der Waals surface area contributed by atoms with Crippen LogP contribution in [0.5, 0.6) is 0 Å². The molecule has 0 radical (unpaired) electrons. The Hall–Kier alpha value is -0.150. The van der Waals surface area contributed by atoms with E-state index in [1.807, 2.05) is 0 Å². The van der Waals surface area contributed by atoms with E-state index in [4.69, 9.17) is 34.8 Å². The number of hydrogen-bond acceptors (Lipinski definition) is 2. The first kappa shape index (κ1) is 14.3. The van der Waals surface area contributed by atoms with Gasteiger partial charge in [-0.05, 0) is 51.0 Å². The average molecular weight is 308 g/mol. The number of nitrogens with one attached hydrogen (secondary N) is 1. The molecule has 1 saturated heterocycles. The molecule has 1 fully saturated rings. The predicted molar refractivity (Wildman–Crippen MR) is 80.2 cm³/mol. The quantitative estimate of drug-likeness (QED) is 0.833. The van der Waals surface area contributed by atoms with Crippen molar-refractivity contribution in [2.24, 2.45) is 5.92 Å². The van der Waals surface area contributed by atoms with Crippen LogP contribution in [0.3, 0.4) is 0 Å². The SMILES string of the molecule is CN1CCC(CNc2cc(Cl)c(Cl)cc2Cl)CC1. The highest BCUT2D eigenvalue weighted by Gasteiger charge is 2.16.